The molecule has 7 heteroatoms. The van der Waals surface area contributed by atoms with E-state index in [1.54, 1.807) is 25.8 Å². The highest BCUT2D eigenvalue weighted by Gasteiger charge is 2.08. The van der Waals surface area contributed by atoms with E-state index < -0.39 is 0 Å². The van der Waals surface area contributed by atoms with Gasteiger partial charge in [-0.2, -0.15) is 0 Å². The average Bonchev–Trinajstić information content (AvgIpc) is 2.84. The van der Waals surface area contributed by atoms with E-state index in [1.807, 2.05) is 55.5 Å². The van der Waals surface area contributed by atoms with Crippen LogP contribution in [0.15, 0.2) is 67.3 Å². The zero-order valence-electron chi connectivity index (χ0n) is 18.5. The first kappa shape index (κ1) is 22.2. The molecule has 33 heavy (non-hydrogen) atoms. The predicted octanol–water partition coefficient (Wildman–Crippen LogP) is 4.88. The Morgan fingerprint density at radius 2 is 1.97 bits per heavy atom. The van der Waals surface area contributed by atoms with Gasteiger partial charge in [0.25, 0.3) is 0 Å². The van der Waals surface area contributed by atoms with Crippen LogP contribution in [0.3, 0.4) is 0 Å². The van der Waals surface area contributed by atoms with Crippen LogP contribution in [0.5, 0.6) is 11.5 Å². The zero-order valence-corrected chi connectivity index (χ0v) is 18.5. The van der Waals surface area contributed by atoms with E-state index in [4.69, 9.17) is 14.2 Å². The molecule has 4 rings (SSSR count). The Labute approximate surface area is 192 Å². The number of aromatic nitrogens is 3. The summed E-state index contributed by atoms with van der Waals surface area (Å²) >= 11 is 0. The second-order valence-electron chi connectivity index (χ2n) is 7.20. The van der Waals surface area contributed by atoms with Crippen LogP contribution in [0.1, 0.15) is 11.1 Å². The Hall–Kier alpha value is -3.99. The summed E-state index contributed by atoms with van der Waals surface area (Å²) in [6, 6.07) is 15.5. The van der Waals surface area contributed by atoms with Crippen molar-refractivity contribution in [3.63, 3.8) is 0 Å². The van der Waals surface area contributed by atoms with E-state index in [0.29, 0.717) is 31.4 Å². The number of rotatable bonds is 8. The number of benzene rings is 2. The van der Waals surface area contributed by atoms with E-state index in [2.05, 4.69) is 32.1 Å². The minimum atomic E-state index is 0.352. The van der Waals surface area contributed by atoms with Crippen LogP contribution in [-0.4, -0.2) is 41.9 Å². The first-order chi connectivity index (χ1) is 16.2. The molecule has 0 radical (unpaired) electrons. The summed E-state index contributed by atoms with van der Waals surface area (Å²) in [6.45, 7) is 3.43. The Kier molecular flexibility index (Phi) is 7.44. The molecule has 166 valence electrons. The molecular formula is C26H24N4O3. The van der Waals surface area contributed by atoms with Crippen molar-refractivity contribution in [3.8, 4) is 23.3 Å². The van der Waals surface area contributed by atoms with Crippen LogP contribution in [0.25, 0.3) is 10.9 Å². The minimum absolute atomic E-state index is 0.352. The summed E-state index contributed by atoms with van der Waals surface area (Å²) in [5, 5.41) is 4.28. The second-order valence-corrected chi connectivity index (χ2v) is 7.20. The fraction of sp³-hybridized carbons (Fsp3) is 0.192. The van der Waals surface area contributed by atoms with Gasteiger partial charge in [-0.1, -0.05) is 11.8 Å². The van der Waals surface area contributed by atoms with Gasteiger partial charge in [0.1, 0.15) is 30.3 Å². The van der Waals surface area contributed by atoms with E-state index in [-0.39, 0.29) is 0 Å². The number of nitrogens with zero attached hydrogens (tertiary/aromatic N) is 3. The number of methoxy groups -OCH3 is 1. The molecule has 0 unspecified atom stereocenters. The average molecular weight is 441 g/mol. The van der Waals surface area contributed by atoms with Gasteiger partial charge >= 0.3 is 0 Å². The molecule has 7 nitrogen and oxygen atoms in total. The molecule has 0 aliphatic heterocycles. The maximum absolute atomic E-state index is 5.92. The number of nitrogens with one attached hydrogen (secondary N) is 1. The fourth-order valence-electron chi connectivity index (χ4n) is 3.15. The van der Waals surface area contributed by atoms with Gasteiger partial charge < -0.3 is 19.5 Å². The van der Waals surface area contributed by atoms with Crippen molar-refractivity contribution in [2.24, 2.45) is 0 Å². The molecular weight excluding hydrogens is 416 g/mol. The molecule has 0 aliphatic carbocycles. The summed E-state index contributed by atoms with van der Waals surface area (Å²) in [5.74, 6) is 8.32. The molecule has 0 amide bonds. The third kappa shape index (κ3) is 6.04. The smallest absolute Gasteiger partial charge is 0.145 e. The molecule has 0 aliphatic rings. The molecule has 0 saturated heterocycles. The molecule has 0 fully saturated rings. The van der Waals surface area contributed by atoms with E-state index in [1.165, 1.54) is 0 Å². The van der Waals surface area contributed by atoms with Crippen molar-refractivity contribution in [1.82, 2.24) is 15.0 Å². The third-order valence-corrected chi connectivity index (χ3v) is 4.77. The Bertz CT molecular complexity index is 1280. The molecule has 2 heterocycles. The van der Waals surface area contributed by atoms with Crippen LogP contribution in [0.2, 0.25) is 0 Å². The van der Waals surface area contributed by atoms with Gasteiger partial charge in [0.2, 0.25) is 0 Å². The van der Waals surface area contributed by atoms with Gasteiger partial charge in [-0.15, -0.1) is 0 Å². The number of hydrogen-bond acceptors (Lipinski definition) is 7. The van der Waals surface area contributed by atoms with Crippen LogP contribution in [0.4, 0.5) is 11.5 Å². The van der Waals surface area contributed by atoms with Crippen molar-refractivity contribution in [2.75, 3.05) is 32.2 Å². The molecule has 1 N–H and O–H groups in total. The first-order valence-electron chi connectivity index (χ1n) is 10.5. The normalized spacial score (nSPS) is 10.5. The highest BCUT2D eigenvalue weighted by Crippen LogP contribution is 2.29. The molecule has 0 spiro atoms. The van der Waals surface area contributed by atoms with Gasteiger partial charge in [0.15, 0.2) is 0 Å². The quantitative estimate of drug-likeness (QED) is 0.309. The fourth-order valence-corrected chi connectivity index (χ4v) is 3.15. The van der Waals surface area contributed by atoms with Crippen molar-refractivity contribution in [2.45, 2.75) is 6.92 Å². The van der Waals surface area contributed by atoms with Crippen molar-refractivity contribution in [1.29, 1.82) is 0 Å². The third-order valence-electron chi connectivity index (χ3n) is 4.77. The van der Waals surface area contributed by atoms with Crippen molar-refractivity contribution >= 4 is 22.4 Å². The second kappa shape index (κ2) is 11.0. The summed E-state index contributed by atoms with van der Waals surface area (Å²) < 4.78 is 16.3. The number of ether oxygens (including phenoxy) is 3. The molecule has 0 saturated carbocycles. The molecule has 2 aromatic carbocycles. The summed E-state index contributed by atoms with van der Waals surface area (Å²) in [4.78, 5) is 12.9. The monoisotopic (exact) mass is 440 g/mol. The van der Waals surface area contributed by atoms with Crippen LogP contribution >= 0.6 is 0 Å². The number of anilines is 2. The van der Waals surface area contributed by atoms with Crippen molar-refractivity contribution < 1.29 is 14.2 Å². The molecule has 4 aromatic rings. The van der Waals surface area contributed by atoms with Crippen molar-refractivity contribution in [3.05, 3.63) is 78.4 Å². The van der Waals surface area contributed by atoms with E-state index >= 15 is 0 Å². The minimum Gasteiger partial charge on any atom is -0.455 e. The predicted molar refractivity (Wildman–Crippen MR) is 128 cm³/mol. The van der Waals surface area contributed by atoms with E-state index in [0.717, 1.165) is 33.5 Å². The number of pyridine rings is 1. The Morgan fingerprint density at radius 1 is 1.03 bits per heavy atom. The SMILES string of the molecule is COCCOCC#Cc1ccc2ncnc(Nc3ccc(Oc4cccnc4)c(C)c3)c2c1. The van der Waals surface area contributed by atoms with Gasteiger partial charge in [0.05, 0.1) is 24.9 Å². The molecule has 0 atom stereocenters. The summed E-state index contributed by atoms with van der Waals surface area (Å²) in [7, 11) is 1.64. The maximum atomic E-state index is 5.92. The summed E-state index contributed by atoms with van der Waals surface area (Å²) in [6.07, 6.45) is 4.95. The number of aryl methyl sites for hydroxylation is 1. The molecule has 0 bridgehead atoms. The Morgan fingerprint density at radius 3 is 2.79 bits per heavy atom. The Balaban J connectivity index is 1.51. The largest absolute Gasteiger partial charge is 0.455 e. The van der Waals surface area contributed by atoms with Crippen LogP contribution in [0, 0.1) is 18.8 Å². The highest BCUT2D eigenvalue weighted by molar-refractivity contribution is 5.91. The first-order valence-corrected chi connectivity index (χ1v) is 10.5. The zero-order chi connectivity index (χ0) is 22.9. The maximum Gasteiger partial charge on any atom is 0.145 e. The molecule has 2 aromatic heterocycles. The number of fused-ring (bicyclic) bond motifs is 1. The standard InChI is InChI=1S/C26H24N4O3/c1-19-15-21(8-10-25(19)33-22-6-3-11-27-17-22)30-26-23-16-20(5-4-12-32-14-13-31-2)7-9-24(23)28-18-29-26/h3,6-11,15-18H,12-14H2,1-2H3,(H,28,29,30). The van der Waals surface area contributed by atoms with Gasteiger partial charge in [-0.25, -0.2) is 9.97 Å². The van der Waals surface area contributed by atoms with E-state index in [9.17, 15) is 0 Å². The lowest BCUT2D eigenvalue weighted by molar-refractivity contribution is 0.0877. The van der Waals surface area contributed by atoms with Gasteiger partial charge in [0, 0.05) is 29.9 Å². The lowest BCUT2D eigenvalue weighted by Gasteiger charge is -2.12. The lowest BCUT2D eigenvalue weighted by Crippen LogP contribution is -2.01. The highest BCUT2D eigenvalue weighted by atomic mass is 16.5. The van der Waals surface area contributed by atoms with Crippen LogP contribution in [-0.2, 0) is 9.47 Å². The van der Waals surface area contributed by atoms with Crippen LogP contribution < -0.4 is 10.1 Å². The topological polar surface area (TPSA) is 78.4 Å². The van der Waals surface area contributed by atoms with Gasteiger partial charge in [-0.05, 0) is 61.0 Å². The van der Waals surface area contributed by atoms with Gasteiger partial charge in [-0.3, -0.25) is 4.98 Å². The number of hydrogen-bond donors (Lipinski definition) is 1. The summed E-state index contributed by atoms with van der Waals surface area (Å²) in [5.41, 5.74) is 3.59. The lowest BCUT2D eigenvalue weighted by atomic mass is 10.1.